The Balaban J connectivity index is 1.43. The molecule has 0 spiro atoms. The minimum absolute atomic E-state index is 0.205. The molecule has 1 fully saturated rings. The lowest BCUT2D eigenvalue weighted by Gasteiger charge is -2.10. The van der Waals surface area contributed by atoms with Crippen LogP contribution >= 0.6 is 0 Å². The minimum atomic E-state index is 0.205. The molecule has 0 unspecified atom stereocenters. The first-order valence-corrected chi connectivity index (χ1v) is 9.57. The lowest BCUT2D eigenvalue weighted by atomic mass is 10.1. The first-order valence-electron chi connectivity index (χ1n) is 9.57. The van der Waals surface area contributed by atoms with E-state index in [0.717, 1.165) is 50.0 Å². The molecule has 0 aliphatic heterocycles. The van der Waals surface area contributed by atoms with E-state index in [1.165, 1.54) is 11.1 Å². The largest absolute Gasteiger partial charge is 0.355 e. The molecule has 1 N–H and O–H groups in total. The highest BCUT2D eigenvalue weighted by atomic mass is 16.2. The Morgan fingerprint density at radius 1 is 1.04 bits per heavy atom. The number of rotatable bonds is 8. The highest BCUT2D eigenvalue weighted by Crippen LogP contribution is 2.28. The number of para-hydroxylation sites is 2. The number of amides is 1. The monoisotopic (exact) mass is 347 g/mol. The SMILES string of the molecule is O=C(NCCc1nc2ccccc2n1CCCc1ccccc1)C1CC1. The number of imidazole rings is 1. The summed E-state index contributed by atoms with van der Waals surface area (Å²) in [5.74, 6) is 1.53. The van der Waals surface area contributed by atoms with Crippen molar-refractivity contribution >= 4 is 16.9 Å². The molecule has 0 bridgehead atoms. The van der Waals surface area contributed by atoms with E-state index in [1.54, 1.807) is 0 Å². The van der Waals surface area contributed by atoms with Crippen LogP contribution in [0.1, 0.15) is 30.7 Å². The predicted octanol–water partition coefficient (Wildman–Crippen LogP) is 3.74. The predicted molar refractivity (Wildman–Crippen MR) is 104 cm³/mol. The van der Waals surface area contributed by atoms with E-state index in [9.17, 15) is 4.79 Å². The lowest BCUT2D eigenvalue weighted by molar-refractivity contribution is -0.122. The van der Waals surface area contributed by atoms with Crippen LogP contribution in [0.3, 0.4) is 0 Å². The molecule has 1 aliphatic rings. The third-order valence-corrected chi connectivity index (χ3v) is 5.02. The maximum atomic E-state index is 11.8. The summed E-state index contributed by atoms with van der Waals surface area (Å²) in [6.45, 7) is 1.61. The number of carbonyl (C=O) groups is 1. The quantitative estimate of drug-likeness (QED) is 0.675. The topological polar surface area (TPSA) is 46.9 Å². The van der Waals surface area contributed by atoms with Crippen LogP contribution in [0, 0.1) is 5.92 Å². The van der Waals surface area contributed by atoms with Gasteiger partial charge in [0.25, 0.3) is 0 Å². The molecular formula is C22H25N3O. The first-order chi connectivity index (χ1) is 12.8. The summed E-state index contributed by atoms with van der Waals surface area (Å²) in [6, 6.07) is 18.9. The third-order valence-electron chi connectivity index (χ3n) is 5.02. The molecule has 0 radical (unpaired) electrons. The van der Waals surface area contributed by atoms with Crippen LogP contribution in [0.15, 0.2) is 54.6 Å². The van der Waals surface area contributed by atoms with Gasteiger partial charge in [-0.2, -0.15) is 0 Å². The number of aromatic nitrogens is 2. The molecule has 1 aliphatic carbocycles. The van der Waals surface area contributed by atoms with Crippen molar-refractivity contribution in [1.82, 2.24) is 14.9 Å². The number of hydrogen-bond acceptors (Lipinski definition) is 2. The van der Waals surface area contributed by atoms with E-state index in [2.05, 4.69) is 58.4 Å². The molecule has 4 nitrogen and oxygen atoms in total. The van der Waals surface area contributed by atoms with Gasteiger partial charge in [-0.05, 0) is 43.4 Å². The number of benzene rings is 2. The maximum Gasteiger partial charge on any atom is 0.223 e. The van der Waals surface area contributed by atoms with Crippen molar-refractivity contribution in [3.8, 4) is 0 Å². The van der Waals surface area contributed by atoms with Crippen molar-refractivity contribution in [3.63, 3.8) is 0 Å². The summed E-state index contributed by atoms with van der Waals surface area (Å²) >= 11 is 0. The van der Waals surface area contributed by atoms with Crippen molar-refractivity contribution in [2.45, 2.75) is 38.6 Å². The Morgan fingerprint density at radius 2 is 1.81 bits per heavy atom. The standard InChI is InChI=1S/C22H25N3O/c26-22(18-12-13-18)23-15-14-21-24-19-10-4-5-11-20(19)25(21)16-6-9-17-7-2-1-3-8-17/h1-5,7-8,10-11,18H,6,9,12-16H2,(H,23,26). The van der Waals surface area contributed by atoms with Gasteiger partial charge in [-0.25, -0.2) is 4.98 Å². The fourth-order valence-corrected chi connectivity index (χ4v) is 3.44. The molecule has 1 aromatic heterocycles. The van der Waals surface area contributed by atoms with Crippen LogP contribution in [0.5, 0.6) is 0 Å². The van der Waals surface area contributed by atoms with Crippen molar-refractivity contribution in [1.29, 1.82) is 0 Å². The summed E-state index contributed by atoms with van der Waals surface area (Å²) in [5, 5.41) is 3.05. The zero-order valence-corrected chi connectivity index (χ0v) is 15.0. The number of carbonyl (C=O) groups excluding carboxylic acids is 1. The highest BCUT2D eigenvalue weighted by molar-refractivity contribution is 5.80. The van der Waals surface area contributed by atoms with Gasteiger partial charge in [-0.15, -0.1) is 0 Å². The van der Waals surface area contributed by atoms with Gasteiger partial charge >= 0.3 is 0 Å². The van der Waals surface area contributed by atoms with E-state index in [4.69, 9.17) is 4.98 Å². The number of hydrogen-bond donors (Lipinski definition) is 1. The van der Waals surface area contributed by atoms with E-state index < -0.39 is 0 Å². The average molecular weight is 347 g/mol. The molecule has 4 heteroatoms. The summed E-state index contributed by atoms with van der Waals surface area (Å²) < 4.78 is 2.32. The summed E-state index contributed by atoms with van der Waals surface area (Å²) in [4.78, 5) is 16.7. The second-order valence-electron chi connectivity index (χ2n) is 7.07. The molecule has 26 heavy (non-hydrogen) atoms. The zero-order chi connectivity index (χ0) is 17.8. The number of nitrogens with one attached hydrogen (secondary N) is 1. The zero-order valence-electron chi connectivity index (χ0n) is 15.0. The molecule has 1 heterocycles. The van der Waals surface area contributed by atoms with Crippen LogP contribution in [0.4, 0.5) is 0 Å². The van der Waals surface area contributed by atoms with Gasteiger partial charge in [0, 0.05) is 25.4 Å². The van der Waals surface area contributed by atoms with Crippen molar-refractivity contribution in [3.05, 3.63) is 66.0 Å². The third kappa shape index (κ3) is 3.96. The van der Waals surface area contributed by atoms with Gasteiger partial charge in [0.2, 0.25) is 5.91 Å². The Hall–Kier alpha value is -2.62. The number of fused-ring (bicyclic) bond motifs is 1. The Bertz CT molecular complexity index is 881. The Morgan fingerprint density at radius 3 is 2.62 bits per heavy atom. The molecule has 134 valence electrons. The summed E-state index contributed by atoms with van der Waals surface area (Å²) in [6.07, 6.45) is 5.00. The van der Waals surface area contributed by atoms with Crippen molar-refractivity contribution in [2.75, 3.05) is 6.54 Å². The van der Waals surface area contributed by atoms with E-state index in [0.29, 0.717) is 6.54 Å². The molecular weight excluding hydrogens is 322 g/mol. The van der Waals surface area contributed by atoms with Crippen LogP contribution in [0.25, 0.3) is 11.0 Å². The molecule has 0 saturated heterocycles. The maximum absolute atomic E-state index is 11.8. The van der Waals surface area contributed by atoms with E-state index >= 15 is 0 Å². The number of nitrogens with zero attached hydrogens (tertiary/aromatic N) is 2. The van der Waals surface area contributed by atoms with Gasteiger partial charge in [0.1, 0.15) is 5.82 Å². The molecule has 1 amide bonds. The average Bonchev–Trinajstić information content (AvgIpc) is 3.46. The van der Waals surface area contributed by atoms with Gasteiger partial charge < -0.3 is 9.88 Å². The lowest BCUT2D eigenvalue weighted by Crippen LogP contribution is -2.27. The normalized spacial score (nSPS) is 13.8. The minimum Gasteiger partial charge on any atom is -0.355 e. The van der Waals surface area contributed by atoms with Gasteiger partial charge in [-0.3, -0.25) is 4.79 Å². The number of aryl methyl sites for hydroxylation is 2. The van der Waals surface area contributed by atoms with Crippen LogP contribution in [-0.4, -0.2) is 22.0 Å². The second kappa shape index (κ2) is 7.73. The van der Waals surface area contributed by atoms with Crippen molar-refractivity contribution < 1.29 is 4.79 Å². The van der Waals surface area contributed by atoms with Crippen LogP contribution in [0.2, 0.25) is 0 Å². The van der Waals surface area contributed by atoms with Crippen LogP contribution in [-0.2, 0) is 24.2 Å². The Labute approximate surface area is 154 Å². The summed E-state index contributed by atoms with van der Waals surface area (Å²) in [5.41, 5.74) is 3.59. The first kappa shape index (κ1) is 16.8. The highest BCUT2D eigenvalue weighted by Gasteiger charge is 2.29. The van der Waals surface area contributed by atoms with Gasteiger partial charge in [0.15, 0.2) is 0 Å². The van der Waals surface area contributed by atoms with Crippen molar-refractivity contribution in [2.24, 2.45) is 5.92 Å². The second-order valence-corrected chi connectivity index (χ2v) is 7.07. The molecule has 0 atom stereocenters. The van der Waals surface area contributed by atoms with E-state index in [-0.39, 0.29) is 11.8 Å². The van der Waals surface area contributed by atoms with E-state index in [1.807, 2.05) is 6.07 Å². The van der Waals surface area contributed by atoms with Gasteiger partial charge in [-0.1, -0.05) is 42.5 Å². The van der Waals surface area contributed by atoms with Crippen LogP contribution < -0.4 is 5.32 Å². The molecule has 4 rings (SSSR count). The molecule has 3 aromatic rings. The fraction of sp³-hybridized carbons (Fsp3) is 0.364. The smallest absolute Gasteiger partial charge is 0.223 e. The van der Waals surface area contributed by atoms with Gasteiger partial charge in [0.05, 0.1) is 11.0 Å². The molecule has 1 saturated carbocycles. The Kier molecular flexibility index (Phi) is 5.00. The molecule has 2 aromatic carbocycles. The summed E-state index contributed by atoms with van der Waals surface area (Å²) in [7, 11) is 0. The fourth-order valence-electron chi connectivity index (χ4n) is 3.44.